The number of benzene rings is 1. The van der Waals surface area contributed by atoms with Crippen LogP contribution in [0.5, 0.6) is 11.5 Å². The molecule has 3 nitrogen and oxygen atoms in total. The second kappa shape index (κ2) is 3.94. The third-order valence-electron chi connectivity index (χ3n) is 1.99. The van der Waals surface area contributed by atoms with Gasteiger partial charge in [-0.1, -0.05) is 13.0 Å². The molecule has 0 amide bonds. The van der Waals surface area contributed by atoms with Crippen molar-refractivity contribution >= 4 is 6.29 Å². The van der Waals surface area contributed by atoms with E-state index in [1.165, 1.54) is 12.1 Å². The van der Waals surface area contributed by atoms with Crippen LogP contribution in [-0.2, 0) is 4.79 Å². The molecule has 0 heterocycles. The van der Waals surface area contributed by atoms with Crippen LogP contribution in [0.15, 0.2) is 18.2 Å². The van der Waals surface area contributed by atoms with Gasteiger partial charge in [0.05, 0.1) is 0 Å². The molecule has 0 aliphatic rings. The first-order valence-corrected chi connectivity index (χ1v) is 4.10. The van der Waals surface area contributed by atoms with Crippen LogP contribution in [0.4, 0.5) is 0 Å². The maximum absolute atomic E-state index is 10.2. The van der Waals surface area contributed by atoms with Crippen LogP contribution in [0, 0.1) is 0 Å². The second-order valence-corrected chi connectivity index (χ2v) is 3.05. The average molecular weight is 180 g/mol. The molecule has 0 fully saturated rings. The van der Waals surface area contributed by atoms with Crippen molar-refractivity contribution in [1.29, 1.82) is 0 Å². The predicted molar refractivity (Wildman–Crippen MR) is 48.9 cm³/mol. The molecule has 0 aliphatic heterocycles. The lowest BCUT2D eigenvalue weighted by atomic mass is 9.97. The van der Waals surface area contributed by atoms with E-state index in [4.69, 9.17) is 5.11 Å². The summed E-state index contributed by atoms with van der Waals surface area (Å²) in [6.45, 7) is 1.85. The minimum Gasteiger partial charge on any atom is -0.508 e. The molecule has 1 atom stereocenters. The van der Waals surface area contributed by atoms with Gasteiger partial charge < -0.3 is 15.0 Å². The van der Waals surface area contributed by atoms with Gasteiger partial charge in [0.2, 0.25) is 0 Å². The summed E-state index contributed by atoms with van der Waals surface area (Å²) in [5.74, 6) is 0.0482. The lowest BCUT2D eigenvalue weighted by Crippen LogP contribution is -1.94. The van der Waals surface area contributed by atoms with E-state index in [2.05, 4.69) is 0 Å². The van der Waals surface area contributed by atoms with Gasteiger partial charge in [-0.25, -0.2) is 0 Å². The molecule has 0 spiro atoms. The molecule has 13 heavy (non-hydrogen) atoms. The molecular formula is C10H12O3. The van der Waals surface area contributed by atoms with Crippen LogP contribution in [0.3, 0.4) is 0 Å². The number of phenolic OH excluding ortho intramolecular Hbond substituents is 2. The zero-order valence-electron chi connectivity index (χ0n) is 7.40. The zero-order valence-corrected chi connectivity index (χ0v) is 7.40. The number of carbonyl (C=O) groups is 1. The zero-order chi connectivity index (χ0) is 9.84. The number of aromatic hydroxyl groups is 2. The second-order valence-electron chi connectivity index (χ2n) is 3.05. The Kier molecular flexibility index (Phi) is 2.90. The summed E-state index contributed by atoms with van der Waals surface area (Å²) in [7, 11) is 0. The molecule has 0 bridgehead atoms. The molecule has 70 valence electrons. The smallest absolute Gasteiger partial charge is 0.122 e. The van der Waals surface area contributed by atoms with Crippen molar-refractivity contribution in [2.24, 2.45) is 0 Å². The molecule has 0 radical (unpaired) electrons. The first kappa shape index (κ1) is 9.58. The van der Waals surface area contributed by atoms with Crippen molar-refractivity contribution in [2.45, 2.75) is 19.3 Å². The lowest BCUT2D eigenvalue weighted by Gasteiger charge is -2.10. The Balaban J connectivity index is 2.94. The summed E-state index contributed by atoms with van der Waals surface area (Å²) >= 11 is 0. The van der Waals surface area contributed by atoms with Gasteiger partial charge in [-0.3, -0.25) is 0 Å². The Morgan fingerprint density at radius 1 is 1.46 bits per heavy atom. The van der Waals surface area contributed by atoms with E-state index >= 15 is 0 Å². The van der Waals surface area contributed by atoms with Crippen molar-refractivity contribution < 1.29 is 15.0 Å². The summed E-state index contributed by atoms with van der Waals surface area (Å²) in [4.78, 5) is 10.2. The standard InChI is InChI=1S/C10H12O3/c1-7(4-5-11)9-3-2-8(12)6-10(9)13/h2-3,5-7,12-13H,4H2,1H3. The van der Waals surface area contributed by atoms with Gasteiger partial charge in [-0.05, 0) is 17.5 Å². The van der Waals surface area contributed by atoms with E-state index in [9.17, 15) is 9.90 Å². The Bertz CT molecular complexity index is 307. The van der Waals surface area contributed by atoms with Crippen LogP contribution in [-0.4, -0.2) is 16.5 Å². The summed E-state index contributed by atoms with van der Waals surface area (Å²) in [6.07, 6.45) is 1.19. The fourth-order valence-electron chi connectivity index (χ4n) is 1.22. The molecule has 0 saturated heterocycles. The van der Waals surface area contributed by atoms with Gasteiger partial charge in [0.15, 0.2) is 0 Å². The van der Waals surface area contributed by atoms with Crippen molar-refractivity contribution in [2.75, 3.05) is 0 Å². The SMILES string of the molecule is CC(CC=O)c1ccc(O)cc1O. The topological polar surface area (TPSA) is 57.5 Å². The number of phenols is 2. The molecule has 1 rings (SSSR count). The number of hydrogen-bond acceptors (Lipinski definition) is 3. The normalized spacial score (nSPS) is 12.4. The quantitative estimate of drug-likeness (QED) is 0.697. The fourth-order valence-corrected chi connectivity index (χ4v) is 1.22. The van der Waals surface area contributed by atoms with E-state index in [1.54, 1.807) is 6.07 Å². The highest BCUT2D eigenvalue weighted by atomic mass is 16.3. The first-order valence-electron chi connectivity index (χ1n) is 4.10. The van der Waals surface area contributed by atoms with E-state index < -0.39 is 0 Å². The lowest BCUT2D eigenvalue weighted by molar-refractivity contribution is -0.108. The van der Waals surface area contributed by atoms with Crippen LogP contribution < -0.4 is 0 Å². The molecule has 0 saturated carbocycles. The van der Waals surface area contributed by atoms with Crippen LogP contribution in [0.2, 0.25) is 0 Å². The summed E-state index contributed by atoms with van der Waals surface area (Å²) < 4.78 is 0. The largest absolute Gasteiger partial charge is 0.508 e. The van der Waals surface area contributed by atoms with Crippen molar-refractivity contribution in [3.63, 3.8) is 0 Å². The van der Waals surface area contributed by atoms with Gasteiger partial charge in [0, 0.05) is 12.5 Å². The Morgan fingerprint density at radius 3 is 2.69 bits per heavy atom. The van der Waals surface area contributed by atoms with Crippen LogP contribution >= 0.6 is 0 Å². The van der Waals surface area contributed by atoms with Gasteiger partial charge in [0.1, 0.15) is 17.8 Å². The highest BCUT2D eigenvalue weighted by molar-refractivity contribution is 5.53. The molecular weight excluding hydrogens is 168 g/mol. The monoisotopic (exact) mass is 180 g/mol. The Morgan fingerprint density at radius 2 is 2.15 bits per heavy atom. The maximum Gasteiger partial charge on any atom is 0.122 e. The highest BCUT2D eigenvalue weighted by Gasteiger charge is 2.09. The first-order chi connectivity index (χ1) is 6.15. The number of rotatable bonds is 3. The van der Waals surface area contributed by atoms with Crippen LogP contribution in [0.25, 0.3) is 0 Å². The molecule has 1 aromatic rings. The molecule has 1 unspecified atom stereocenters. The average Bonchev–Trinajstić information content (AvgIpc) is 2.04. The van der Waals surface area contributed by atoms with Gasteiger partial charge in [-0.15, -0.1) is 0 Å². The minimum atomic E-state index is -0.0156. The maximum atomic E-state index is 10.2. The Hall–Kier alpha value is -1.51. The summed E-state index contributed by atoms with van der Waals surface area (Å²) in [5.41, 5.74) is 0.685. The molecule has 2 N–H and O–H groups in total. The fraction of sp³-hybridized carbons (Fsp3) is 0.300. The number of carbonyl (C=O) groups excluding carboxylic acids is 1. The number of aldehydes is 1. The Labute approximate surface area is 76.6 Å². The van der Waals surface area contributed by atoms with Crippen molar-refractivity contribution in [1.82, 2.24) is 0 Å². The van der Waals surface area contributed by atoms with Gasteiger partial charge in [0.25, 0.3) is 0 Å². The third kappa shape index (κ3) is 2.21. The van der Waals surface area contributed by atoms with Crippen molar-refractivity contribution in [3.8, 4) is 11.5 Å². The van der Waals surface area contributed by atoms with E-state index in [0.29, 0.717) is 12.0 Å². The van der Waals surface area contributed by atoms with E-state index in [1.807, 2.05) is 6.92 Å². The van der Waals surface area contributed by atoms with Crippen LogP contribution in [0.1, 0.15) is 24.8 Å². The van der Waals surface area contributed by atoms with Gasteiger partial charge in [-0.2, -0.15) is 0 Å². The highest BCUT2D eigenvalue weighted by Crippen LogP contribution is 2.30. The molecule has 1 aromatic carbocycles. The minimum absolute atomic E-state index is 0.0156. The predicted octanol–water partition coefficient (Wildman–Crippen LogP) is 1.79. The summed E-state index contributed by atoms with van der Waals surface area (Å²) in [5, 5.41) is 18.4. The molecule has 0 aromatic heterocycles. The molecule has 0 aliphatic carbocycles. The molecule has 3 heteroatoms. The van der Waals surface area contributed by atoms with E-state index in [-0.39, 0.29) is 17.4 Å². The number of hydrogen-bond donors (Lipinski definition) is 2. The van der Waals surface area contributed by atoms with Crippen molar-refractivity contribution in [3.05, 3.63) is 23.8 Å². The summed E-state index contributed by atoms with van der Waals surface area (Å²) in [6, 6.07) is 4.39. The third-order valence-corrected chi connectivity index (χ3v) is 1.99. The van der Waals surface area contributed by atoms with E-state index in [0.717, 1.165) is 6.29 Å². The van der Waals surface area contributed by atoms with Gasteiger partial charge >= 0.3 is 0 Å².